The maximum atomic E-state index is 14.0. The summed E-state index contributed by atoms with van der Waals surface area (Å²) in [6.07, 6.45) is 2.71. The second kappa shape index (κ2) is 6.17. The highest BCUT2D eigenvalue weighted by Crippen LogP contribution is 2.21. The van der Waals surface area contributed by atoms with E-state index < -0.39 is 0 Å². The average molecular weight is 282 g/mol. The summed E-state index contributed by atoms with van der Waals surface area (Å²) in [5.41, 5.74) is 2.06. The number of hydrogen-bond acceptors (Lipinski definition) is 2. The topological polar surface area (TPSA) is 29.9 Å². The van der Waals surface area contributed by atoms with Gasteiger partial charge < -0.3 is 5.32 Å². The lowest BCUT2D eigenvalue weighted by molar-refractivity contribution is 0.582. The lowest BCUT2D eigenvalue weighted by Crippen LogP contribution is -2.17. The highest BCUT2D eigenvalue weighted by atomic mass is 35.5. The van der Waals surface area contributed by atoms with Crippen LogP contribution in [0.15, 0.2) is 24.4 Å². The Hall–Kier alpha value is -1.39. The molecule has 19 heavy (non-hydrogen) atoms. The van der Waals surface area contributed by atoms with Gasteiger partial charge in [-0.15, -0.1) is 0 Å². The lowest BCUT2D eigenvalue weighted by atomic mass is 10.1. The first-order valence-electron chi connectivity index (χ1n) is 6.33. The van der Waals surface area contributed by atoms with Gasteiger partial charge in [0.1, 0.15) is 5.82 Å². The van der Waals surface area contributed by atoms with Gasteiger partial charge in [0.05, 0.1) is 16.4 Å². The molecule has 0 amide bonds. The van der Waals surface area contributed by atoms with E-state index in [9.17, 15) is 4.39 Å². The van der Waals surface area contributed by atoms with Crippen LogP contribution in [-0.2, 0) is 6.54 Å². The van der Waals surface area contributed by atoms with Crippen molar-refractivity contribution < 1.29 is 4.39 Å². The van der Waals surface area contributed by atoms with Crippen LogP contribution in [0.3, 0.4) is 0 Å². The number of halogens is 2. The van der Waals surface area contributed by atoms with Gasteiger partial charge in [-0.3, -0.25) is 0 Å². The summed E-state index contributed by atoms with van der Waals surface area (Å²) < 4.78 is 15.6. The molecule has 0 spiro atoms. The Bertz CT molecular complexity index is 546. The lowest BCUT2D eigenvalue weighted by Gasteiger charge is -2.11. The minimum Gasteiger partial charge on any atom is -0.312 e. The number of aryl methyl sites for hydroxylation is 1. The van der Waals surface area contributed by atoms with E-state index in [4.69, 9.17) is 11.6 Å². The second-order valence-electron chi connectivity index (χ2n) is 4.42. The molecule has 0 aliphatic rings. The summed E-state index contributed by atoms with van der Waals surface area (Å²) >= 11 is 6.01. The maximum Gasteiger partial charge on any atom is 0.129 e. The average Bonchev–Trinajstić information content (AvgIpc) is 2.71. The minimum atomic E-state index is -0.231. The third kappa shape index (κ3) is 3.14. The first-order chi connectivity index (χ1) is 9.13. The Balaban J connectivity index is 2.36. The molecule has 0 bridgehead atoms. The normalized spacial score (nSPS) is 10.9. The summed E-state index contributed by atoms with van der Waals surface area (Å²) in [5.74, 6) is -0.231. The van der Waals surface area contributed by atoms with Gasteiger partial charge in [-0.1, -0.05) is 24.6 Å². The monoisotopic (exact) mass is 281 g/mol. The van der Waals surface area contributed by atoms with E-state index in [1.807, 2.05) is 13.0 Å². The van der Waals surface area contributed by atoms with Crippen molar-refractivity contribution >= 4 is 11.6 Å². The molecular formula is C14H17ClFN3. The Kier molecular flexibility index (Phi) is 4.56. The number of nitrogens with one attached hydrogen (secondary N) is 1. The first-order valence-corrected chi connectivity index (χ1v) is 6.71. The van der Waals surface area contributed by atoms with Crippen LogP contribution in [-0.4, -0.2) is 16.3 Å². The van der Waals surface area contributed by atoms with Gasteiger partial charge in [-0.25, -0.2) is 9.07 Å². The largest absolute Gasteiger partial charge is 0.312 e. The van der Waals surface area contributed by atoms with Gasteiger partial charge in [0, 0.05) is 18.3 Å². The third-order valence-corrected chi connectivity index (χ3v) is 3.28. The third-order valence-electron chi connectivity index (χ3n) is 2.91. The molecule has 2 aromatic rings. The molecule has 0 radical (unpaired) electrons. The van der Waals surface area contributed by atoms with Crippen LogP contribution in [0, 0.1) is 12.7 Å². The molecule has 102 valence electrons. The number of rotatable bonds is 5. The SMILES string of the molecule is CCCNCc1c(F)cccc1-n1cc(Cl)c(C)n1. The van der Waals surface area contributed by atoms with Crippen LogP contribution < -0.4 is 5.32 Å². The van der Waals surface area contributed by atoms with E-state index in [2.05, 4.69) is 17.3 Å². The molecule has 1 N–H and O–H groups in total. The van der Waals surface area contributed by atoms with Gasteiger partial charge in [0.25, 0.3) is 0 Å². The van der Waals surface area contributed by atoms with Crippen molar-refractivity contribution in [2.75, 3.05) is 6.54 Å². The predicted octanol–water partition coefficient (Wildman–Crippen LogP) is 3.47. The molecule has 0 saturated carbocycles. The molecule has 2 rings (SSSR count). The molecule has 1 aromatic carbocycles. The van der Waals surface area contributed by atoms with E-state index in [-0.39, 0.29) is 5.82 Å². The van der Waals surface area contributed by atoms with Crippen LogP contribution in [0.2, 0.25) is 5.02 Å². The molecule has 3 nitrogen and oxygen atoms in total. The Labute approximate surface area is 117 Å². The van der Waals surface area contributed by atoms with E-state index in [0.29, 0.717) is 17.1 Å². The smallest absolute Gasteiger partial charge is 0.129 e. The first kappa shape index (κ1) is 14.0. The van der Waals surface area contributed by atoms with Crippen LogP contribution in [0.4, 0.5) is 4.39 Å². The minimum absolute atomic E-state index is 0.231. The van der Waals surface area contributed by atoms with Crippen LogP contribution in [0.5, 0.6) is 0 Å². The zero-order valence-electron chi connectivity index (χ0n) is 11.1. The molecule has 5 heteroatoms. The van der Waals surface area contributed by atoms with E-state index in [1.54, 1.807) is 16.9 Å². The summed E-state index contributed by atoms with van der Waals surface area (Å²) in [5, 5.41) is 8.09. The quantitative estimate of drug-likeness (QED) is 0.851. The zero-order chi connectivity index (χ0) is 13.8. The van der Waals surface area contributed by atoms with E-state index in [1.165, 1.54) is 6.07 Å². The van der Waals surface area contributed by atoms with Crippen LogP contribution in [0.25, 0.3) is 5.69 Å². The Morgan fingerprint density at radius 2 is 2.21 bits per heavy atom. The number of hydrogen-bond donors (Lipinski definition) is 1. The fraction of sp³-hybridized carbons (Fsp3) is 0.357. The molecular weight excluding hydrogens is 265 g/mol. The molecule has 0 atom stereocenters. The second-order valence-corrected chi connectivity index (χ2v) is 4.83. The molecule has 0 unspecified atom stereocenters. The molecule has 0 saturated heterocycles. The maximum absolute atomic E-state index is 14.0. The van der Waals surface area contributed by atoms with Gasteiger partial charge in [0.2, 0.25) is 0 Å². The summed E-state index contributed by atoms with van der Waals surface area (Å²) in [6, 6.07) is 4.98. The molecule has 0 fully saturated rings. The van der Waals surface area contributed by atoms with Crippen molar-refractivity contribution in [1.29, 1.82) is 0 Å². The number of benzene rings is 1. The summed E-state index contributed by atoms with van der Waals surface area (Å²) in [4.78, 5) is 0. The van der Waals surface area contributed by atoms with E-state index >= 15 is 0 Å². The Morgan fingerprint density at radius 1 is 1.42 bits per heavy atom. The number of aromatic nitrogens is 2. The van der Waals surface area contributed by atoms with Crippen molar-refractivity contribution in [3.8, 4) is 5.69 Å². The van der Waals surface area contributed by atoms with E-state index in [0.717, 1.165) is 24.3 Å². The zero-order valence-corrected chi connectivity index (χ0v) is 11.8. The fourth-order valence-electron chi connectivity index (χ4n) is 1.89. The van der Waals surface area contributed by atoms with Gasteiger partial charge in [-0.2, -0.15) is 5.10 Å². The van der Waals surface area contributed by atoms with Crippen LogP contribution in [0.1, 0.15) is 24.6 Å². The standard InChI is InChI=1S/C14H17ClFN3/c1-3-7-17-8-11-13(16)5-4-6-14(11)19-9-12(15)10(2)18-19/h4-6,9,17H,3,7-8H2,1-2H3. The van der Waals surface area contributed by atoms with Crippen molar-refractivity contribution in [3.05, 3.63) is 46.5 Å². The van der Waals surface area contributed by atoms with Crippen molar-refractivity contribution in [2.24, 2.45) is 0 Å². The molecule has 1 aromatic heterocycles. The molecule has 0 aliphatic heterocycles. The van der Waals surface area contributed by atoms with Gasteiger partial charge in [-0.05, 0) is 32.0 Å². The fourth-order valence-corrected chi connectivity index (χ4v) is 2.02. The number of nitrogens with zero attached hydrogens (tertiary/aromatic N) is 2. The Morgan fingerprint density at radius 3 is 2.84 bits per heavy atom. The molecule has 1 heterocycles. The summed E-state index contributed by atoms with van der Waals surface area (Å²) in [7, 11) is 0. The molecule has 0 aliphatic carbocycles. The van der Waals surface area contributed by atoms with Crippen molar-refractivity contribution in [1.82, 2.24) is 15.1 Å². The predicted molar refractivity (Wildman–Crippen MR) is 75.3 cm³/mol. The van der Waals surface area contributed by atoms with Crippen LogP contribution >= 0.6 is 11.6 Å². The summed E-state index contributed by atoms with van der Waals surface area (Å²) in [6.45, 7) is 5.23. The highest BCUT2D eigenvalue weighted by Gasteiger charge is 2.12. The van der Waals surface area contributed by atoms with Gasteiger partial charge >= 0.3 is 0 Å². The van der Waals surface area contributed by atoms with Crippen molar-refractivity contribution in [2.45, 2.75) is 26.8 Å². The highest BCUT2D eigenvalue weighted by molar-refractivity contribution is 6.31. The van der Waals surface area contributed by atoms with Gasteiger partial charge in [0.15, 0.2) is 0 Å². The van der Waals surface area contributed by atoms with Crippen molar-refractivity contribution in [3.63, 3.8) is 0 Å².